The molecule has 0 amide bonds. The molecule has 104 valence electrons. The predicted octanol–water partition coefficient (Wildman–Crippen LogP) is 3.93. The van der Waals surface area contributed by atoms with Gasteiger partial charge >= 0.3 is 0 Å². The minimum absolute atomic E-state index is 0.708. The third-order valence-electron chi connectivity index (χ3n) is 5.29. The summed E-state index contributed by atoms with van der Waals surface area (Å²) >= 11 is 0. The average Bonchev–Trinajstić information content (AvgIpc) is 3.25. The molecule has 1 aromatic rings. The molecular formula is C17H25NO. The van der Waals surface area contributed by atoms with E-state index in [0.29, 0.717) is 5.92 Å². The van der Waals surface area contributed by atoms with Gasteiger partial charge in [-0.1, -0.05) is 6.92 Å². The summed E-state index contributed by atoms with van der Waals surface area (Å²) in [6, 6.07) is 4.35. The van der Waals surface area contributed by atoms with Crippen molar-refractivity contribution in [3.8, 4) is 0 Å². The Morgan fingerprint density at radius 1 is 1.21 bits per heavy atom. The Hall–Kier alpha value is -0.760. The standard InChI is InChI=1S/C17H25NO/c1-11-8-15(11)17-7-6-14(19-17)9-18-10-16(12-2-3-12)13-4-5-13/h6-7,11-13,15-16,18H,2-5,8-10H2,1H3. The lowest BCUT2D eigenvalue weighted by Gasteiger charge is -2.15. The van der Waals surface area contributed by atoms with Gasteiger partial charge < -0.3 is 9.73 Å². The Morgan fingerprint density at radius 3 is 2.47 bits per heavy atom. The molecular weight excluding hydrogens is 234 g/mol. The summed E-state index contributed by atoms with van der Waals surface area (Å²) in [6.07, 6.45) is 7.23. The lowest BCUT2D eigenvalue weighted by atomic mass is 9.98. The van der Waals surface area contributed by atoms with Gasteiger partial charge in [-0.25, -0.2) is 0 Å². The van der Waals surface area contributed by atoms with E-state index in [4.69, 9.17) is 4.42 Å². The zero-order chi connectivity index (χ0) is 12.8. The monoisotopic (exact) mass is 259 g/mol. The molecule has 2 heteroatoms. The van der Waals surface area contributed by atoms with Gasteiger partial charge in [0.1, 0.15) is 11.5 Å². The van der Waals surface area contributed by atoms with Crippen LogP contribution in [0.3, 0.4) is 0 Å². The van der Waals surface area contributed by atoms with E-state index in [1.165, 1.54) is 44.4 Å². The molecule has 3 fully saturated rings. The van der Waals surface area contributed by atoms with E-state index in [2.05, 4.69) is 24.4 Å². The van der Waals surface area contributed by atoms with Crippen LogP contribution in [-0.2, 0) is 6.54 Å². The molecule has 19 heavy (non-hydrogen) atoms. The molecule has 4 rings (SSSR count). The lowest BCUT2D eigenvalue weighted by molar-refractivity contribution is 0.364. The Kier molecular flexibility index (Phi) is 2.95. The van der Waals surface area contributed by atoms with Gasteiger partial charge in [0, 0.05) is 5.92 Å². The molecule has 1 N–H and O–H groups in total. The fourth-order valence-electron chi connectivity index (χ4n) is 3.54. The van der Waals surface area contributed by atoms with Crippen molar-refractivity contribution in [3.63, 3.8) is 0 Å². The summed E-state index contributed by atoms with van der Waals surface area (Å²) in [7, 11) is 0. The van der Waals surface area contributed by atoms with E-state index in [1.54, 1.807) is 0 Å². The van der Waals surface area contributed by atoms with Gasteiger partial charge in [0.25, 0.3) is 0 Å². The van der Waals surface area contributed by atoms with E-state index < -0.39 is 0 Å². The van der Waals surface area contributed by atoms with Crippen molar-refractivity contribution in [2.75, 3.05) is 6.54 Å². The second kappa shape index (κ2) is 4.66. The van der Waals surface area contributed by atoms with Gasteiger partial charge in [0.2, 0.25) is 0 Å². The van der Waals surface area contributed by atoms with Gasteiger partial charge in [0.15, 0.2) is 0 Å². The molecule has 0 aliphatic heterocycles. The van der Waals surface area contributed by atoms with Crippen molar-refractivity contribution in [1.29, 1.82) is 0 Å². The van der Waals surface area contributed by atoms with Crippen LogP contribution >= 0.6 is 0 Å². The van der Waals surface area contributed by atoms with Crippen LogP contribution in [0.15, 0.2) is 16.5 Å². The molecule has 0 spiro atoms. The minimum atomic E-state index is 0.708. The first-order valence-electron chi connectivity index (χ1n) is 8.10. The van der Waals surface area contributed by atoms with Crippen LogP contribution in [0.1, 0.15) is 56.5 Å². The Morgan fingerprint density at radius 2 is 1.89 bits per heavy atom. The van der Waals surface area contributed by atoms with Gasteiger partial charge in [-0.3, -0.25) is 0 Å². The maximum Gasteiger partial charge on any atom is 0.117 e. The number of rotatable bonds is 7. The van der Waals surface area contributed by atoms with E-state index >= 15 is 0 Å². The zero-order valence-electron chi connectivity index (χ0n) is 11.9. The normalized spacial score (nSPS) is 30.0. The predicted molar refractivity (Wildman–Crippen MR) is 75.9 cm³/mol. The average molecular weight is 259 g/mol. The molecule has 2 atom stereocenters. The van der Waals surface area contributed by atoms with Gasteiger partial charge in [-0.05, 0) is 74.5 Å². The second-order valence-corrected chi connectivity index (χ2v) is 7.09. The van der Waals surface area contributed by atoms with Crippen LogP contribution in [0, 0.1) is 23.7 Å². The molecule has 0 bridgehead atoms. The summed E-state index contributed by atoms with van der Waals surface area (Å²) < 4.78 is 5.95. The van der Waals surface area contributed by atoms with Crippen LogP contribution in [0.2, 0.25) is 0 Å². The fraction of sp³-hybridized carbons (Fsp3) is 0.765. The van der Waals surface area contributed by atoms with Gasteiger partial charge in [-0.15, -0.1) is 0 Å². The molecule has 0 radical (unpaired) electrons. The number of hydrogen-bond donors (Lipinski definition) is 1. The molecule has 1 aromatic heterocycles. The molecule has 3 aliphatic rings. The number of furan rings is 1. The van der Waals surface area contributed by atoms with Crippen LogP contribution < -0.4 is 5.32 Å². The maximum absolute atomic E-state index is 5.95. The highest BCUT2D eigenvalue weighted by Gasteiger charge is 2.41. The number of nitrogens with one attached hydrogen (secondary N) is 1. The van der Waals surface area contributed by atoms with Crippen molar-refractivity contribution >= 4 is 0 Å². The van der Waals surface area contributed by atoms with E-state index in [1.807, 2.05) is 0 Å². The number of hydrogen-bond acceptors (Lipinski definition) is 2. The highest BCUT2D eigenvalue weighted by atomic mass is 16.3. The third-order valence-corrected chi connectivity index (χ3v) is 5.29. The van der Waals surface area contributed by atoms with E-state index in [0.717, 1.165) is 36.0 Å². The maximum atomic E-state index is 5.95. The van der Waals surface area contributed by atoms with Crippen molar-refractivity contribution < 1.29 is 4.42 Å². The first-order valence-corrected chi connectivity index (χ1v) is 8.10. The largest absolute Gasteiger partial charge is 0.464 e. The van der Waals surface area contributed by atoms with Crippen LogP contribution in [0.4, 0.5) is 0 Å². The van der Waals surface area contributed by atoms with Crippen molar-refractivity contribution in [3.05, 3.63) is 23.7 Å². The molecule has 2 unspecified atom stereocenters. The van der Waals surface area contributed by atoms with Crippen molar-refractivity contribution in [2.45, 2.75) is 51.5 Å². The van der Waals surface area contributed by atoms with Crippen LogP contribution in [-0.4, -0.2) is 6.54 Å². The second-order valence-electron chi connectivity index (χ2n) is 7.09. The van der Waals surface area contributed by atoms with Gasteiger partial charge in [0.05, 0.1) is 6.54 Å². The zero-order valence-corrected chi connectivity index (χ0v) is 11.9. The first kappa shape index (κ1) is 12.0. The van der Waals surface area contributed by atoms with Crippen molar-refractivity contribution in [2.24, 2.45) is 23.7 Å². The summed E-state index contributed by atoms with van der Waals surface area (Å²) in [5, 5.41) is 3.63. The first-order chi connectivity index (χ1) is 9.31. The van der Waals surface area contributed by atoms with Gasteiger partial charge in [-0.2, -0.15) is 0 Å². The third kappa shape index (κ3) is 2.74. The molecule has 2 nitrogen and oxygen atoms in total. The molecule has 0 saturated heterocycles. The summed E-state index contributed by atoms with van der Waals surface area (Å²) in [5.41, 5.74) is 0. The summed E-state index contributed by atoms with van der Waals surface area (Å²) in [5.74, 6) is 6.92. The molecule has 0 aromatic carbocycles. The Balaban J connectivity index is 1.26. The SMILES string of the molecule is CC1CC1c1ccc(CNCC(C2CC2)C2CC2)o1. The highest BCUT2D eigenvalue weighted by molar-refractivity contribution is 5.17. The van der Waals surface area contributed by atoms with E-state index in [9.17, 15) is 0 Å². The van der Waals surface area contributed by atoms with Crippen molar-refractivity contribution in [1.82, 2.24) is 5.32 Å². The minimum Gasteiger partial charge on any atom is -0.464 e. The fourth-order valence-corrected chi connectivity index (χ4v) is 3.54. The molecule has 3 saturated carbocycles. The van der Waals surface area contributed by atoms with E-state index in [-0.39, 0.29) is 0 Å². The Bertz CT molecular complexity index is 432. The molecule has 3 aliphatic carbocycles. The van der Waals surface area contributed by atoms with Crippen LogP contribution in [0.5, 0.6) is 0 Å². The van der Waals surface area contributed by atoms with Crippen LogP contribution in [0.25, 0.3) is 0 Å². The summed E-state index contributed by atoms with van der Waals surface area (Å²) in [4.78, 5) is 0. The Labute approximate surface area is 116 Å². The molecule has 1 heterocycles. The summed E-state index contributed by atoms with van der Waals surface area (Å²) in [6.45, 7) is 4.42. The lowest BCUT2D eigenvalue weighted by Crippen LogP contribution is -2.25. The highest BCUT2D eigenvalue weighted by Crippen LogP contribution is 2.49. The quantitative estimate of drug-likeness (QED) is 0.802. The topological polar surface area (TPSA) is 25.2 Å². The smallest absolute Gasteiger partial charge is 0.117 e.